The van der Waals surface area contributed by atoms with Gasteiger partial charge in [-0.2, -0.15) is 13.2 Å². The fraction of sp³-hybridized carbons (Fsp3) is 0.238. The molecule has 0 aliphatic carbocycles. The van der Waals surface area contributed by atoms with Crippen LogP contribution in [0.4, 0.5) is 18.9 Å². The molecule has 1 aliphatic heterocycles. The van der Waals surface area contributed by atoms with Crippen LogP contribution in [0.3, 0.4) is 0 Å². The van der Waals surface area contributed by atoms with Gasteiger partial charge in [-0.15, -0.1) is 11.3 Å². The van der Waals surface area contributed by atoms with Crippen molar-refractivity contribution >= 4 is 38.9 Å². The third kappa shape index (κ3) is 3.60. The van der Waals surface area contributed by atoms with E-state index in [2.05, 4.69) is 5.32 Å². The number of thiophene rings is 1. The van der Waals surface area contributed by atoms with E-state index in [0.29, 0.717) is 11.3 Å². The monoisotopic (exact) mass is 418 g/mol. The summed E-state index contributed by atoms with van der Waals surface area (Å²) in [6.45, 7) is 0.269. The van der Waals surface area contributed by atoms with Crippen LogP contribution in [0.2, 0.25) is 0 Å². The fourth-order valence-electron chi connectivity index (χ4n) is 3.71. The number of rotatable bonds is 3. The Labute approximate surface area is 168 Å². The normalized spacial score (nSPS) is 19.7. The van der Waals surface area contributed by atoms with Crippen LogP contribution in [-0.2, 0) is 15.8 Å². The number of nitrogens with zero attached hydrogens (tertiary/aromatic N) is 1. The molecule has 8 heteroatoms. The summed E-state index contributed by atoms with van der Waals surface area (Å²) in [5.74, 6) is -2.31. The van der Waals surface area contributed by atoms with Crippen molar-refractivity contribution < 1.29 is 22.8 Å². The number of likely N-dealkylation sites (tertiary alicyclic amines) is 1. The first kappa shape index (κ1) is 19.4. The molecule has 29 heavy (non-hydrogen) atoms. The first-order valence-corrected chi connectivity index (χ1v) is 9.83. The van der Waals surface area contributed by atoms with Gasteiger partial charge in [0.15, 0.2) is 0 Å². The van der Waals surface area contributed by atoms with Crippen LogP contribution in [-0.4, -0.2) is 30.3 Å². The molecule has 2 heterocycles. The summed E-state index contributed by atoms with van der Waals surface area (Å²) in [6, 6.07) is 12.1. The van der Waals surface area contributed by atoms with Crippen molar-refractivity contribution in [3.8, 4) is 0 Å². The van der Waals surface area contributed by atoms with Crippen molar-refractivity contribution in [3.05, 3.63) is 65.0 Å². The molecule has 150 valence electrons. The molecule has 1 aliphatic rings. The number of hydrogen-bond acceptors (Lipinski definition) is 3. The third-order valence-electron chi connectivity index (χ3n) is 5.20. The minimum atomic E-state index is -4.43. The van der Waals surface area contributed by atoms with Crippen LogP contribution >= 0.6 is 11.3 Å². The van der Waals surface area contributed by atoms with Crippen LogP contribution < -0.4 is 5.32 Å². The Kier molecular flexibility index (Phi) is 4.82. The number of hydrogen-bond donors (Lipinski definition) is 1. The number of amides is 2. The molecule has 0 bridgehead atoms. The summed E-state index contributed by atoms with van der Waals surface area (Å²) in [5.41, 5.74) is 0.394. The van der Waals surface area contributed by atoms with Gasteiger partial charge in [-0.1, -0.05) is 24.3 Å². The van der Waals surface area contributed by atoms with Gasteiger partial charge in [0.2, 0.25) is 11.8 Å². The molecule has 1 aromatic heterocycles. The topological polar surface area (TPSA) is 49.4 Å². The first-order chi connectivity index (χ1) is 13.8. The molecule has 2 amide bonds. The number of halogens is 3. The Morgan fingerprint density at radius 3 is 2.55 bits per heavy atom. The lowest BCUT2D eigenvalue weighted by molar-refractivity contribution is -0.138. The van der Waals surface area contributed by atoms with E-state index < -0.39 is 29.5 Å². The summed E-state index contributed by atoms with van der Waals surface area (Å²) < 4.78 is 39.4. The quantitative estimate of drug-likeness (QED) is 0.625. The van der Waals surface area contributed by atoms with Gasteiger partial charge in [0.05, 0.1) is 16.0 Å². The van der Waals surface area contributed by atoms with Crippen LogP contribution in [0.5, 0.6) is 0 Å². The van der Waals surface area contributed by atoms with E-state index in [1.54, 1.807) is 13.1 Å². The highest BCUT2D eigenvalue weighted by Gasteiger charge is 2.44. The number of carbonyl (C=O) groups excluding carboxylic acids is 2. The van der Waals surface area contributed by atoms with Gasteiger partial charge >= 0.3 is 6.18 Å². The Hall–Kier alpha value is -2.87. The van der Waals surface area contributed by atoms with Crippen molar-refractivity contribution in [1.29, 1.82) is 0 Å². The van der Waals surface area contributed by atoms with E-state index >= 15 is 0 Å². The van der Waals surface area contributed by atoms with E-state index in [1.807, 2.05) is 23.6 Å². The number of likely N-dealkylation sites (N-methyl/N-ethyl adjacent to an activating group) is 1. The summed E-state index contributed by atoms with van der Waals surface area (Å²) >= 11 is 1.48. The molecule has 0 spiro atoms. The molecule has 1 saturated heterocycles. The molecule has 3 aromatic rings. The number of nitrogens with one attached hydrogen (secondary N) is 1. The molecule has 2 aromatic carbocycles. The second kappa shape index (κ2) is 7.18. The van der Waals surface area contributed by atoms with Gasteiger partial charge in [0.25, 0.3) is 0 Å². The largest absolute Gasteiger partial charge is 0.416 e. The molecule has 4 rings (SSSR count). The van der Waals surface area contributed by atoms with Gasteiger partial charge in [-0.05, 0) is 40.6 Å². The maximum Gasteiger partial charge on any atom is 0.416 e. The zero-order valence-electron chi connectivity index (χ0n) is 15.4. The highest BCUT2D eigenvalue weighted by Crippen LogP contribution is 2.37. The minimum absolute atomic E-state index is 0.269. The highest BCUT2D eigenvalue weighted by molar-refractivity contribution is 7.17. The van der Waals surface area contributed by atoms with Crippen LogP contribution in [0.1, 0.15) is 17.0 Å². The molecule has 0 radical (unpaired) electrons. The number of fused-ring (bicyclic) bond motifs is 1. The molecular formula is C21H17F3N2O2S. The van der Waals surface area contributed by atoms with Gasteiger partial charge in [0.1, 0.15) is 5.92 Å². The van der Waals surface area contributed by atoms with Crippen molar-refractivity contribution in [1.82, 2.24) is 4.90 Å². The second-order valence-electron chi connectivity index (χ2n) is 7.06. The number of carbonyl (C=O) groups is 2. The molecule has 1 fully saturated rings. The second-order valence-corrected chi connectivity index (χ2v) is 7.97. The Bertz CT molecular complexity index is 1080. The summed E-state index contributed by atoms with van der Waals surface area (Å²) in [7, 11) is 1.59. The lowest BCUT2D eigenvalue weighted by Gasteiger charge is -2.18. The van der Waals surface area contributed by atoms with Crippen LogP contribution in [0, 0.1) is 5.92 Å². The molecule has 1 N–H and O–H groups in total. The van der Waals surface area contributed by atoms with Crippen molar-refractivity contribution in [2.45, 2.75) is 12.1 Å². The lowest BCUT2D eigenvalue weighted by Crippen LogP contribution is -2.32. The molecule has 0 unspecified atom stereocenters. The molecule has 0 saturated carbocycles. The SMILES string of the molecule is CN1C[C@H](c2ccc(C(F)(F)F)cc2)[C@@H](C(=O)Nc2cccc3ccsc23)C1=O. The number of anilines is 1. The van der Waals surface area contributed by atoms with E-state index in [-0.39, 0.29) is 12.5 Å². The van der Waals surface area contributed by atoms with E-state index in [1.165, 1.54) is 28.4 Å². The first-order valence-electron chi connectivity index (χ1n) is 8.95. The number of benzene rings is 2. The Morgan fingerprint density at radius 1 is 1.14 bits per heavy atom. The highest BCUT2D eigenvalue weighted by atomic mass is 32.1. The van der Waals surface area contributed by atoms with E-state index in [4.69, 9.17) is 0 Å². The maximum absolute atomic E-state index is 13.0. The zero-order chi connectivity index (χ0) is 20.8. The van der Waals surface area contributed by atoms with E-state index in [0.717, 1.165) is 22.2 Å². The smallest absolute Gasteiger partial charge is 0.344 e. The fourth-order valence-corrected chi connectivity index (χ4v) is 4.58. The Morgan fingerprint density at radius 2 is 1.86 bits per heavy atom. The predicted molar refractivity (Wildman–Crippen MR) is 106 cm³/mol. The standard InChI is InChI=1S/C21H17F3N2O2S/c1-26-11-15(12-5-7-14(8-6-12)21(22,23)24)17(20(26)28)19(27)25-16-4-2-3-13-9-10-29-18(13)16/h2-10,15,17H,11H2,1H3,(H,25,27)/t15-,17+/m1/s1. The van der Waals surface area contributed by atoms with Crippen molar-refractivity contribution in [2.75, 3.05) is 18.9 Å². The maximum atomic E-state index is 13.0. The van der Waals surface area contributed by atoms with Crippen molar-refractivity contribution in [3.63, 3.8) is 0 Å². The average molecular weight is 418 g/mol. The summed E-state index contributed by atoms with van der Waals surface area (Å²) in [5, 5.41) is 5.75. The summed E-state index contributed by atoms with van der Waals surface area (Å²) in [4.78, 5) is 27.1. The van der Waals surface area contributed by atoms with E-state index in [9.17, 15) is 22.8 Å². The van der Waals surface area contributed by atoms with Crippen LogP contribution in [0.25, 0.3) is 10.1 Å². The van der Waals surface area contributed by atoms with Crippen LogP contribution in [0.15, 0.2) is 53.9 Å². The Balaban J connectivity index is 1.62. The van der Waals surface area contributed by atoms with Gasteiger partial charge in [-0.3, -0.25) is 9.59 Å². The number of alkyl halides is 3. The van der Waals surface area contributed by atoms with Gasteiger partial charge in [-0.25, -0.2) is 0 Å². The molecule has 2 atom stereocenters. The molecule has 4 nitrogen and oxygen atoms in total. The average Bonchev–Trinajstić information content (AvgIpc) is 3.27. The third-order valence-corrected chi connectivity index (χ3v) is 6.16. The molecular weight excluding hydrogens is 401 g/mol. The van der Waals surface area contributed by atoms with Gasteiger partial charge in [0, 0.05) is 19.5 Å². The minimum Gasteiger partial charge on any atom is -0.344 e. The summed E-state index contributed by atoms with van der Waals surface area (Å²) in [6.07, 6.45) is -4.43. The predicted octanol–water partition coefficient (Wildman–Crippen LogP) is 4.73. The van der Waals surface area contributed by atoms with Crippen molar-refractivity contribution in [2.24, 2.45) is 5.92 Å². The zero-order valence-corrected chi connectivity index (χ0v) is 16.2. The lowest BCUT2D eigenvalue weighted by atomic mass is 9.87. The van der Waals surface area contributed by atoms with Gasteiger partial charge < -0.3 is 10.2 Å².